The number of H-pyrrole nitrogens is 1. The van der Waals surface area contributed by atoms with E-state index in [0.29, 0.717) is 30.1 Å². The summed E-state index contributed by atoms with van der Waals surface area (Å²) in [4.78, 5) is 14.0. The molecule has 0 aliphatic heterocycles. The molecular formula is C13H17N5O3. The van der Waals surface area contributed by atoms with Crippen LogP contribution >= 0.6 is 0 Å². The Labute approximate surface area is 121 Å². The fourth-order valence-electron chi connectivity index (χ4n) is 1.90. The molecule has 112 valence electrons. The summed E-state index contributed by atoms with van der Waals surface area (Å²) in [6.45, 7) is 0.993. The van der Waals surface area contributed by atoms with E-state index in [2.05, 4.69) is 20.6 Å². The highest BCUT2D eigenvalue weighted by atomic mass is 16.5. The summed E-state index contributed by atoms with van der Waals surface area (Å²) in [7, 11) is 1.57. The maximum Gasteiger partial charge on any atom is 0.254 e. The average Bonchev–Trinajstić information content (AvgIpc) is 3.05. The van der Waals surface area contributed by atoms with Gasteiger partial charge in [-0.25, -0.2) is 0 Å². The lowest BCUT2D eigenvalue weighted by molar-refractivity contribution is 0.0656. The van der Waals surface area contributed by atoms with Gasteiger partial charge in [0, 0.05) is 31.3 Å². The van der Waals surface area contributed by atoms with Crippen LogP contribution in [0.3, 0.4) is 0 Å². The second kappa shape index (κ2) is 7.46. The van der Waals surface area contributed by atoms with Crippen molar-refractivity contribution in [3.63, 3.8) is 0 Å². The molecular weight excluding hydrogens is 274 g/mol. The van der Waals surface area contributed by atoms with Gasteiger partial charge in [0.2, 0.25) is 5.82 Å². The lowest BCUT2D eigenvalue weighted by Gasteiger charge is -2.21. The summed E-state index contributed by atoms with van der Waals surface area (Å²) >= 11 is 0. The van der Waals surface area contributed by atoms with Crippen molar-refractivity contribution in [3.05, 3.63) is 29.8 Å². The van der Waals surface area contributed by atoms with Gasteiger partial charge in [-0.2, -0.15) is 5.21 Å². The summed E-state index contributed by atoms with van der Waals surface area (Å²) in [6.07, 6.45) is 0. The highest BCUT2D eigenvalue weighted by Gasteiger charge is 2.16. The third kappa shape index (κ3) is 3.83. The molecule has 0 saturated carbocycles. The highest BCUT2D eigenvalue weighted by molar-refractivity contribution is 5.95. The maximum atomic E-state index is 12.5. The van der Waals surface area contributed by atoms with Crippen LogP contribution in [0.15, 0.2) is 24.3 Å². The van der Waals surface area contributed by atoms with Crippen molar-refractivity contribution in [2.45, 2.75) is 0 Å². The smallest absolute Gasteiger partial charge is 0.254 e. The zero-order chi connectivity index (χ0) is 15.1. The van der Waals surface area contributed by atoms with Crippen molar-refractivity contribution in [3.8, 4) is 11.4 Å². The molecule has 0 spiro atoms. The minimum atomic E-state index is -0.175. The maximum absolute atomic E-state index is 12.5. The van der Waals surface area contributed by atoms with Crippen molar-refractivity contribution in [2.75, 3.05) is 33.4 Å². The summed E-state index contributed by atoms with van der Waals surface area (Å²) < 4.78 is 4.98. The van der Waals surface area contributed by atoms with E-state index < -0.39 is 0 Å². The number of hydrogen-bond donors (Lipinski definition) is 2. The molecule has 2 rings (SSSR count). The predicted molar refractivity (Wildman–Crippen MR) is 74.5 cm³/mol. The van der Waals surface area contributed by atoms with Crippen LogP contribution in [0.1, 0.15) is 10.4 Å². The Morgan fingerprint density at radius 2 is 2.29 bits per heavy atom. The number of methoxy groups -OCH3 is 1. The molecule has 0 radical (unpaired) electrons. The first-order valence-electron chi connectivity index (χ1n) is 6.49. The van der Waals surface area contributed by atoms with Gasteiger partial charge in [0.25, 0.3) is 5.91 Å². The molecule has 0 aliphatic carbocycles. The number of aromatic nitrogens is 4. The zero-order valence-electron chi connectivity index (χ0n) is 11.7. The van der Waals surface area contributed by atoms with Crippen molar-refractivity contribution in [2.24, 2.45) is 0 Å². The first kappa shape index (κ1) is 15.1. The molecule has 0 aliphatic rings. The molecule has 0 bridgehead atoms. The molecule has 0 unspecified atom stereocenters. The number of amides is 1. The first-order chi connectivity index (χ1) is 10.3. The lowest BCUT2D eigenvalue weighted by atomic mass is 10.1. The first-order valence-corrected chi connectivity index (χ1v) is 6.49. The second-order valence-electron chi connectivity index (χ2n) is 4.32. The van der Waals surface area contributed by atoms with Crippen molar-refractivity contribution < 1.29 is 14.6 Å². The highest BCUT2D eigenvalue weighted by Crippen LogP contribution is 2.16. The van der Waals surface area contributed by atoms with Gasteiger partial charge in [-0.15, -0.1) is 10.2 Å². The van der Waals surface area contributed by atoms with Crippen LogP contribution in [0.25, 0.3) is 11.4 Å². The van der Waals surface area contributed by atoms with E-state index >= 15 is 0 Å². The Balaban J connectivity index is 2.19. The van der Waals surface area contributed by atoms with Gasteiger partial charge >= 0.3 is 0 Å². The number of rotatable bonds is 7. The van der Waals surface area contributed by atoms with E-state index in [1.54, 1.807) is 36.3 Å². The van der Waals surface area contributed by atoms with Crippen LogP contribution in [-0.2, 0) is 4.74 Å². The van der Waals surface area contributed by atoms with Gasteiger partial charge in [0.1, 0.15) is 0 Å². The lowest BCUT2D eigenvalue weighted by Crippen LogP contribution is -2.36. The van der Waals surface area contributed by atoms with Crippen LogP contribution in [0, 0.1) is 0 Å². The molecule has 0 atom stereocenters. The van der Waals surface area contributed by atoms with E-state index in [1.807, 2.05) is 0 Å². The fraction of sp³-hybridized carbons (Fsp3) is 0.385. The third-order valence-electron chi connectivity index (χ3n) is 2.94. The molecule has 1 aromatic carbocycles. The minimum Gasteiger partial charge on any atom is -0.395 e. The number of tetrazole rings is 1. The summed E-state index contributed by atoms with van der Waals surface area (Å²) in [5.74, 6) is 0.252. The molecule has 1 aromatic heterocycles. The number of benzene rings is 1. The Morgan fingerprint density at radius 1 is 1.43 bits per heavy atom. The quantitative estimate of drug-likeness (QED) is 0.741. The third-order valence-corrected chi connectivity index (χ3v) is 2.94. The second-order valence-corrected chi connectivity index (χ2v) is 4.32. The van der Waals surface area contributed by atoms with Crippen LogP contribution < -0.4 is 0 Å². The van der Waals surface area contributed by atoms with Gasteiger partial charge in [-0.3, -0.25) is 4.79 Å². The number of hydrogen-bond acceptors (Lipinski definition) is 6. The topological polar surface area (TPSA) is 104 Å². The van der Waals surface area contributed by atoms with E-state index in [-0.39, 0.29) is 19.1 Å². The van der Waals surface area contributed by atoms with E-state index in [9.17, 15) is 4.79 Å². The Morgan fingerprint density at radius 3 is 2.95 bits per heavy atom. The number of ether oxygens (including phenoxy) is 1. The van der Waals surface area contributed by atoms with Crippen LogP contribution in [0.5, 0.6) is 0 Å². The molecule has 8 nitrogen and oxygen atoms in total. The van der Waals surface area contributed by atoms with E-state index in [1.165, 1.54) is 0 Å². The molecule has 1 amide bonds. The van der Waals surface area contributed by atoms with Gasteiger partial charge in [0.05, 0.1) is 13.2 Å². The Bertz CT molecular complexity index is 573. The predicted octanol–water partition coefficient (Wildman–Crippen LogP) is -0.0524. The van der Waals surface area contributed by atoms with Gasteiger partial charge in [0.15, 0.2) is 0 Å². The van der Waals surface area contributed by atoms with E-state index in [0.717, 1.165) is 0 Å². The summed E-state index contributed by atoms with van der Waals surface area (Å²) in [6, 6.07) is 6.97. The van der Waals surface area contributed by atoms with Gasteiger partial charge in [-0.05, 0) is 17.3 Å². The number of aliphatic hydroxyl groups excluding tert-OH is 1. The van der Waals surface area contributed by atoms with Gasteiger partial charge < -0.3 is 14.7 Å². The Hall–Kier alpha value is -2.32. The fourth-order valence-corrected chi connectivity index (χ4v) is 1.90. The monoisotopic (exact) mass is 291 g/mol. The molecule has 0 fully saturated rings. The van der Waals surface area contributed by atoms with Crippen LogP contribution in [0.4, 0.5) is 0 Å². The van der Waals surface area contributed by atoms with Gasteiger partial charge in [-0.1, -0.05) is 12.1 Å². The molecule has 2 N–H and O–H groups in total. The number of aliphatic hydroxyl groups is 1. The number of nitrogens with zero attached hydrogens (tertiary/aromatic N) is 4. The number of carbonyl (C=O) groups is 1. The van der Waals surface area contributed by atoms with Crippen molar-refractivity contribution in [1.82, 2.24) is 25.5 Å². The number of aromatic amines is 1. The summed E-state index contributed by atoms with van der Waals surface area (Å²) in [5, 5.41) is 22.7. The normalized spacial score (nSPS) is 10.6. The molecule has 21 heavy (non-hydrogen) atoms. The molecule has 1 heterocycles. The number of carbonyl (C=O) groups excluding carboxylic acids is 1. The molecule has 2 aromatic rings. The van der Waals surface area contributed by atoms with Crippen molar-refractivity contribution >= 4 is 5.91 Å². The largest absolute Gasteiger partial charge is 0.395 e. The standard InChI is InChI=1S/C13H17N5O3/c1-21-8-6-18(5-7-19)13(20)11-4-2-3-10(9-11)12-14-16-17-15-12/h2-4,9,19H,5-8H2,1H3,(H,14,15,16,17). The zero-order valence-corrected chi connectivity index (χ0v) is 11.7. The minimum absolute atomic E-state index is 0.0972. The SMILES string of the molecule is COCCN(CCO)C(=O)c1cccc(-c2nn[nH]n2)c1. The average molecular weight is 291 g/mol. The van der Waals surface area contributed by atoms with E-state index in [4.69, 9.17) is 9.84 Å². The van der Waals surface area contributed by atoms with Crippen molar-refractivity contribution in [1.29, 1.82) is 0 Å². The van der Waals surface area contributed by atoms with Crippen LogP contribution in [-0.4, -0.2) is 70.0 Å². The molecule has 8 heteroatoms. The number of nitrogens with one attached hydrogen (secondary N) is 1. The van der Waals surface area contributed by atoms with Crippen LogP contribution in [0.2, 0.25) is 0 Å². The Kier molecular flexibility index (Phi) is 5.35. The molecule has 0 saturated heterocycles. The summed E-state index contributed by atoms with van der Waals surface area (Å²) in [5.41, 5.74) is 1.20.